The molecule has 2 aromatic carbocycles. The maximum absolute atomic E-state index is 11.6. The molecule has 1 N–H and O–H groups in total. The van der Waals surface area contributed by atoms with Crippen molar-refractivity contribution in [3.63, 3.8) is 0 Å². The molecule has 0 bridgehead atoms. The highest BCUT2D eigenvalue weighted by Crippen LogP contribution is 2.39. The van der Waals surface area contributed by atoms with Crippen molar-refractivity contribution in [2.24, 2.45) is 0 Å². The van der Waals surface area contributed by atoms with Gasteiger partial charge in [-0.15, -0.1) is 0 Å². The number of carbonyl (C=O) groups is 1. The van der Waals surface area contributed by atoms with Gasteiger partial charge in [0, 0.05) is 50.4 Å². The second kappa shape index (κ2) is 7.24. The van der Waals surface area contributed by atoms with Crippen LogP contribution in [0.1, 0.15) is 12.8 Å². The van der Waals surface area contributed by atoms with Gasteiger partial charge >= 0.3 is 6.09 Å². The molecule has 2 saturated heterocycles. The van der Waals surface area contributed by atoms with Crippen LogP contribution in [0.2, 0.25) is 0 Å². The summed E-state index contributed by atoms with van der Waals surface area (Å²) in [7, 11) is 0. The average Bonchev–Trinajstić information content (AvgIpc) is 3.21. The number of carboxylic acid groups (broad SMARTS) is 1. The summed E-state index contributed by atoms with van der Waals surface area (Å²) in [6, 6.07) is 16.2. The second-order valence-electron chi connectivity index (χ2n) is 7.69. The molecule has 3 aliphatic rings. The summed E-state index contributed by atoms with van der Waals surface area (Å²) in [5.74, 6) is -0.357. The molecule has 0 aromatic heterocycles. The molecule has 7 heteroatoms. The Morgan fingerprint density at radius 3 is 2.10 bits per heavy atom. The van der Waals surface area contributed by atoms with Gasteiger partial charge in [-0.3, -0.25) is 4.90 Å². The first-order chi connectivity index (χ1) is 14.2. The monoisotopic (exact) mass is 395 g/mol. The number of hydrogen-bond acceptors (Lipinski definition) is 5. The number of para-hydroxylation sites is 2. The molecule has 1 amide bonds. The molecule has 2 aromatic rings. The lowest BCUT2D eigenvalue weighted by atomic mass is 10.0. The number of piperidine rings is 1. The van der Waals surface area contributed by atoms with E-state index in [0.717, 1.165) is 43.0 Å². The fourth-order valence-electron chi connectivity index (χ4n) is 4.56. The zero-order valence-electron chi connectivity index (χ0n) is 16.3. The molecule has 152 valence electrons. The Kier molecular flexibility index (Phi) is 4.56. The standard InChI is InChI=1S/C22H25N3O4/c26-21(27)25-14-13-24(19-3-1-2-4-20(19)25)18-7-5-17(6-8-18)23-11-9-22(10-12-23)28-15-16-29-22/h1-8H,9-16H2,(H,26,27). The van der Waals surface area contributed by atoms with Crippen LogP contribution in [0.4, 0.5) is 27.5 Å². The van der Waals surface area contributed by atoms with Crippen LogP contribution in [0.5, 0.6) is 0 Å². The highest BCUT2D eigenvalue weighted by Gasteiger charge is 2.39. The third-order valence-electron chi connectivity index (χ3n) is 6.11. The molecule has 3 aliphatic heterocycles. The lowest BCUT2D eigenvalue weighted by Gasteiger charge is -2.39. The zero-order chi connectivity index (χ0) is 19.8. The largest absolute Gasteiger partial charge is 0.465 e. The van der Waals surface area contributed by atoms with E-state index in [-0.39, 0.29) is 5.79 Å². The molecule has 7 nitrogen and oxygen atoms in total. The zero-order valence-corrected chi connectivity index (χ0v) is 16.3. The normalized spacial score (nSPS) is 20.8. The van der Waals surface area contributed by atoms with Crippen LogP contribution in [0.15, 0.2) is 48.5 Å². The van der Waals surface area contributed by atoms with E-state index in [0.29, 0.717) is 26.3 Å². The Bertz CT molecular complexity index is 885. The third kappa shape index (κ3) is 3.30. The minimum Gasteiger partial charge on any atom is -0.465 e. The van der Waals surface area contributed by atoms with Crippen LogP contribution in [0.3, 0.4) is 0 Å². The van der Waals surface area contributed by atoms with Crippen molar-refractivity contribution in [1.82, 2.24) is 0 Å². The van der Waals surface area contributed by atoms with E-state index in [1.165, 1.54) is 10.6 Å². The van der Waals surface area contributed by atoms with E-state index in [1.54, 1.807) is 0 Å². The van der Waals surface area contributed by atoms with Gasteiger partial charge in [0.05, 0.1) is 24.6 Å². The van der Waals surface area contributed by atoms with Crippen molar-refractivity contribution in [1.29, 1.82) is 0 Å². The van der Waals surface area contributed by atoms with Gasteiger partial charge in [-0.05, 0) is 36.4 Å². The number of fused-ring (bicyclic) bond motifs is 1. The van der Waals surface area contributed by atoms with Gasteiger partial charge in [0.1, 0.15) is 0 Å². The van der Waals surface area contributed by atoms with Gasteiger partial charge in [0.2, 0.25) is 0 Å². The maximum Gasteiger partial charge on any atom is 0.411 e. The lowest BCUT2D eigenvalue weighted by Crippen LogP contribution is -2.45. The summed E-state index contributed by atoms with van der Waals surface area (Å²) < 4.78 is 11.6. The van der Waals surface area contributed by atoms with E-state index >= 15 is 0 Å². The average molecular weight is 395 g/mol. The van der Waals surface area contributed by atoms with Gasteiger partial charge in [0.15, 0.2) is 5.79 Å². The topological polar surface area (TPSA) is 65.5 Å². The molecular weight excluding hydrogens is 370 g/mol. The first kappa shape index (κ1) is 18.3. The second-order valence-corrected chi connectivity index (χ2v) is 7.69. The van der Waals surface area contributed by atoms with E-state index in [2.05, 4.69) is 34.1 Å². The Morgan fingerprint density at radius 2 is 1.45 bits per heavy atom. The van der Waals surface area contributed by atoms with Gasteiger partial charge in [-0.1, -0.05) is 12.1 Å². The first-order valence-corrected chi connectivity index (χ1v) is 10.2. The van der Waals surface area contributed by atoms with Crippen molar-refractivity contribution >= 4 is 28.8 Å². The summed E-state index contributed by atoms with van der Waals surface area (Å²) in [5.41, 5.74) is 3.92. The van der Waals surface area contributed by atoms with Crippen LogP contribution < -0.4 is 14.7 Å². The fraction of sp³-hybridized carbons (Fsp3) is 0.409. The lowest BCUT2D eigenvalue weighted by molar-refractivity contribution is -0.169. The van der Waals surface area contributed by atoms with Crippen LogP contribution in [-0.4, -0.2) is 56.4 Å². The number of amides is 1. The molecule has 29 heavy (non-hydrogen) atoms. The Hall–Kier alpha value is -2.77. The van der Waals surface area contributed by atoms with Crippen molar-refractivity contribution in [2.75, 3.05) is 54.1 Å². The number of nitrogens with zero attached hydrogens (tertiary/aromatic N) is 3. The van der Waals surface area contributed by atoms with Gasteiger partial charge in [0.25, 0.3) is 0 Å². The Morgan fingerprint density at radius 1 is 0.828 bits per heavy atom. The highest BCUT2D eigenvalue weighted by molar-refractivity contribution is 5.94. The summed E-state index contributed by atoms with van der Waals surface area (Å²) in [4.78, 5) is 17.5. The molecule has 5 rings (SSSR count). The number of ether oxygens (including phenoxy) is 2. The van der Waals surface area contributed by atoms with E-state index < -0.39 is 6.09 Å². The minimum absolute atomic E-state index is 0.357. The van der Waals surface area contributed by atoms with Crippen LogP contribution >= 0.6 is 0 Å². The molecule has 0 radical (unpaired) electrons. The number of anilines is 4. The van der Waals surface area contributed by atoms with E-state index in [4.69, 9.17) is 9.47 Å². The Labute approximate surface area is 170 Å². The summed E-state index contributed by atoms with van der Waals surface area (Å²) >= 11 is 0. The molecule has 0 atom stereocenters. The maximum atomic E-state index is 11.6. The minimum atomic E-state index is -0.912. The molecule has 1 spiro atoms. The number of benzene rings is 2. The SMILES string of the molecule is O=C(O)N1CCN(c2ccc(N3CCC4(CC3)OCCO4)cc2)c2ccccc21. The molecule has 0 aliphatic carbocycles. The van der Waals surface area contributed by atoms with E-state index in [1.807, 2.05) is 24.3 Å². The first-order valence-electron chi connectivity index (χ1n) is 10.2. The molecule has 3 heterocycles. The number of rotatable bonds is 2. The van der Waals surface area contributed by atoms with Crippen molar-refractivity contribution < 1.29 is 19.4 Å². The molecule has 2 fully saturated rings. The van der Waals surface area contributed by atoms with Crippen molar-refractivity contribution in [3.05, 3.63) is 48.5 Å². The summed E-state index contributed by atoms with van der Waals surface area (Å²) in [6.45, 7) is 4.31. The van der Waals surface area contributed by atoms with Gasteiger partial charge in [-0.2, -0.15) is 0 Å². The quantitative estimate of drug-likeness (QED) is 0.837. The third-order valence-corrected chi connectivity index (χ3v) is 6.11. The summed E-state index contributed by atoms with van der Waals surface area (Å²) in [5, 5.41) is 9.48. The van der Waals surface area contributed by atoms with Crippen molar-refractivity contribution in [3.8, 4) is 0 Å². The van der Waals surface area contributed by atoms with Crippen LogP contribution in [-0.2, 0) is 9.47 Å². The molecule has 0 unspecified atom stereocenters. The fourth-order valence-corrected chi connectivity index (χ4v) is 4.56. The number of hydrogen-bond donors (Lipinski definition) is 1. The van der Waals surface area contributed by atoms with Gasteiger partial charge in [-0.25, -0.2) is 4.79 Å². The predicted molar refractivity (Wildman–Crippen MR) is 111 cm³/mol. The Balaban J connectivity index is 1.33. The smallest absolute Gasteiger partial charge is 0.411 e. The van der Waals surface area contributed by atoms with Crippen molar-refractivity contribution in [2.45, 2.75) is 18.6 Å². The van der Waals surface area contributed by atoms with Crippen LogP contribution in [0, 0.1) is 0 Å². The van der Waals surface area contributed by atoms with E-state index in [9.17, 15) is 9.90 Å². The highest BCUT2D eigenvalue weighted by atomic mass is 16.7. The summed E-state index contributed by atoms with van der Waals surface area (Å²) in [6.07, 6.45) is 0.865. The predicted octanol–water partition coefficient (Wildman–Crippen LogP) is 3.67. The molecule has 0 saturated carbocycles. The van der Waals surface area contributed by atoms with Crippen LogP contribution in [0.25, 0.3) is 0 Å². The molecular formula is C22H25N3O4. The van der Waals surface area contributed by atoms with Gasteiger partial charge < -0.3 is 24.4 Å².